The van der Waals surface area contributed by atoms with Crippen molar-refractivity contribution < 1.29 is 13.2 Å². The second-order valence-corrected chi connectivity index (χ2v) is 6.72. The van der Waals surface area contributed by atoms with Crippen molar-refractivity contribution in [3.05, 3.63) is 23.3 Å². The number of sulfonamides is 1. The molecule has 0 radical (unpaired) electrons. The number of likely N-dealkylation sites (N-methyl/N-ethyl adjacent to an activating group) is 1. The maximum absolute atomic E-state index is 12.4. The minimum Gasteiger partial charge on any atom is -0.398 e. The Labute approximate surface area is 126 Å². The lowest BCUT2D eigenvalue weighted by atomic mass is 10.1. The topological polar surface area (TPSA) is 92.5 Å². The summed E-state index contributed by atoms with van der Waals surface area (Å²) in [6.07, 6.45) is 1.20. The minimum absolute atomic E-state index is 0.161. The molecule has 1 amide bonds. The van der Waals surface area contributed by atoms with Gasteiger partial charge in [-0.15, -0.1) is 0 Å². The lowest BCUT2D eigenvalue weighted by molar-refractivity contribution is -0.127. The Bertz CT molecular complexity index is 625. The van der Waals surface area contributed by atoms with Crippen LogP contribution in [0.5, 0.6) is 0 Å². The summed E-state index contributed by atoms with van der Waals surface area (Å²) >= 11 is 0. The highest BCUT2D eigenvalue weighted by Gasteiger charge is 2.21. The van der Waals surface area contributed by atoms with Gasteiger partial charge in [0.2, 0.25) is 15.9 Å². The molecule has 21 heavy (non-hydrogen) atoms. The van der Waals surface area contributed by atoms with Gasteiger partial charge in [-0.25, -0.2) is 13.1 Å². The molecule has 118 valence electrons. The maximum atomic E-state index is 12.4. The lowest BCUT2D eigenvalue weighted by Gasteiger charge is -2.15. The predicted molar refractivity (Wildman–Crippen MR) is 83.5 cm³/mol. The molecule has 6 nitrogen and oxygen atoms in total. The zero-order valence-electron chi connectivity index (χ0n) is 12.9. The number of anilines is 1. The van der Waals surface area contributed by atoms with Crippen molar-refractivity contribution >= 4 is 21.6 Å². The first-order chi connectivity index (χ1) is 9.72. The molecule has 1 rings (SSSR count). The van der Waals surface area contributed by atoms with Crippen LogP contribution in [0.2, 0.25) is 0 Å². The van der Waals surface area contributed by atoms with Gasteiger partial charge in [-0.3, -0.25) is 4.79 Å². The highest BCUT2D eigenvalue weighted by atomic mass is 32.2. The third-order valence-corrected chi connectivity index (χ3v) is 4.73. The van der Waals surface area contributed by atoms with Gasteiger partial charge in [0.05, 0.1) is 11.4 Å². The Morgan fingerprint density at radius 3 is 2.33 bits per heavy atom. The molecule has 0 aromatic heterocycles. The van der Waals surface area contributed by atoms with Crippen molar-refractivity contribution in [2.45, 2.75) is 31.6 Å². The maximum Gasteiger partial charge on any atom is 0.241 e. The van der Waals surface area contributed by atoms with Crippen molar-refractivity contribution in [2.24, 2.45) is 0 Å². The first-order valence-corrected chi connectivity index (χ1v) is 8.32. The zero-order valence-corrected chi connectivity index (χ0v) is 13.8. The van der Waals surface area contributed by atoms with Crippen LogP contribution in [0.3, 0.4) is 0 Å². The summed E-state index contributed by atoms with van der Waals surface area (Å²) in [5.74, 6) is -0.309. The van der Waals surface area contributed by atoms with Gasteiger partial charge in [-0.1, -0.05) is 13.8 Å². The van der Waals surface area contributed by atoms with Gasteiger partial charge in [0.1, 0.15) is 0 Å². The van der Waals surface area contributed by atoms with Crippen LogP contribution in [0.15, 0.2) is 17.0 Å². The quantitative estimate of drug-likeness (QED) is 0.758. The molecular weight excluding hydrogens is 290 g/mol. The fraction of sp³-hybridized carbons (Fsp3) is 0.500. The van der Waals surface area contributed by atoms with Crippen molar-refractivity contribution in [3.63, 3.8) is 0 Å². The van der Waals surface area contributed by atoms with Crippen LogP contribution < -0.4 is 10.5 Å². The van der Waals surface area contributed by atoms with Gasteiger partial charge in [-0.05, 0) is 36.1 Å². The summed E-state index contributed by atoms with van der Waals surface area (Å²) in [7, 11) is -0.618. The molecule has 7 heteroatoms. The van der Waals surface area contributed by atoms with Crippen LogP contribution in [0.4, 0.5) is 5.69 Å². The average Bonchev–Trinajstić information content (AvgIpc) is 2.43. The molecule has 1 aromatic rings. The first kappa shape index (κ1) is 17.5. The summed E-state index contributed by atoms with van der Waals surface area (Å²) < 4.78 is 27.2. The average molecular weight is 313 g/mol. The van der Waals surface area contributed by atoms with Crippen molar-refractivity contribution in [3.8, 4) is 0 Å². The standard InChI is InChI=1S/C14H23N3O3S/c1-5-10-7-12(15)11(6-2)13(8-10)21(19,20)16-9-14(18)17(3)4/h7-8,16H,5-6,9,15H2,1-4H3. The zero-order chi connectivity index (χ0) is 16.2. The summed E-state index contributed by atoms with van der Waals surface area (Å²) in [5.41, 5.74) is 7.84. The van der Waals surface area contributed by atoms with Crippen molar-refractivity contribution in [2.75, 3.05) is 26.4 Å². The molecule has 0 saturated carbocycles. The molecule has 1 aromatic carbocycles. The van der Waals surface area contributed by atoms with Crippen LogP contribution in [-0.2, 0) is 27.7 Å². The number of nitrogens with two attached hydrogens (primary N) is 1. The number of nitrogens with zero attached hydrogens (tertiary/aromatic N) is 1. The summed E-state index contributed by atoms with van der Waals surface area (Å²) in [6, 6.07) is 3.42. The Morgan fingerprint density at radius 2 is 1.86 bits per heavy atom. The number of nitrogen functional groups attached to an aromatic ring is 1. The van der Waals surface area contributed by atoms with E-state index < -0.39 is 10.0 Å². The third-order valence-electron chi connectivity index (χ3n) is 3.27. The van der Waals surface area contributed by atoms with Crippen molar-refractivity contribution in [1.29, 1.82) is 0 Å². The molecule has 0 saturated heterocycles. The van der Waals surface area contributed by atoms with E-state index in [0.29, 0.717) is 24.1 Å². The predicted octanol–water partition coefficient (Wildman–Crippen LogP) is 0.760. The number of hydrogen-bond donors (Lipinski definition) is 2. The second kappa shape index (κ2) is 6.91. The number of hydrogen-bond acceptors (Lipinski definition) is 4. The Morgan fingerprint density at radius 1 is 1.24 bits per heavy atom. The normalized spacial score (nSPS) is 11.4. The van der Waals surface area contributed by atoms with E-state index in [1.807, 2.05) is 13.8 Å². The summed E-state index contributed by atoms with van der Waals surface area (Å²) in [6.45, 7) is 3.51. The molecule has 3 N–H and O–H groups in total. The Kier molecular flexibility index (Phi) is 5.74. The van der Waals surface area contributed by atoms with E-state index in [2.05, 4.69) is 4.72 Å². The lowest BCUT2D eigenvalue weighted by Crippen LogP contribution is -2.36. The number of carbonyl (C=O) groups is 1. The van der Waals surface area contributed by atoms with Gasteiger partial charge in [0.25, 0.3) is 0 Å². The fourth-order valence-corrected chi connectivity index (χ4v) is 3.30. The molecule has 0 fully saturated rings. The van der Waals surface area contributed by atoms with Crippen LogP contribution >= 0.6 is 0 Å². The largest absolute Gasteiger partial charge is 0.398 e. The van der Waals surface area contributed by atoms with Crippen LogP contribution in [0.25, 0.3) is 0 Å². The molecule has 0 aliphatic rings. The van der Waals surface area contributed by atoms with Gasteiger partial charge in [0, 0.05) is 19.8 Å². The monoisotopic (exact) mass is 313 g/mol. The molecule has 0 spiro atoms. The second-order valence-electron chi connectivity index (χ2n) is 4.98. The van der Waals surface area contributed by atoms with Crippen LogP contribution in [0, 0.1) is 0 Å². The molecule has 0 aliphatic heterocycles. The van der Waals surface area contributed by atoms with Gasteiger partial charge >= 0.3 is 0 Å². The van der Waals surface area contributed by atoms with E-state index in [0.717, 1.165) is 5.56 Å². The van der Waals surface area contributed by atoms with Gasteiger partial charge in [-0.2, -0.15) is 0 Å². The Hall–Kier alpha value is -1.60. The van der Waals surface area contributed by atoms with Crippen LogP contribution in [0.1, 0.15) is 25.0 Å². The molecule has 0 unspecified atom stereocenters. The van der Waals surface area contributed by atoms with E-state index in [4.69, 9.17) is 5.73 Å². The summed E-state index contributed by atoms with van der Waals surface area (Å²) in [4.78, 5) is 13.0. The third kappa shape index (κ3) is 4.18. The fourth-order valence-electron chi connectivity index (χ4n) is 1.94. The van der Waals surface area contributed by atoms with Gasteiger partial charge in [0.15, 0.2) is 0 Å². The smallest absolute Gasteiger partial charge is 0.241 e. The number of amides is 1. The molecule has 0 aliphatic carbocycles. The Balaban J connectivity index is 3.18. The SMILES string of the molecule is CCc1cc(N)c(CC)c(S(=O)(=O)NCC(=O)N(C)C)c1. The highest BCUT2D eigenvalue weighted by molar-refractivity contribution is 7.89. The van der Waals surface area contributed by atoms with Gasteiger partial charge < -0.3 is 10.6 Å². The van der Waals surface area contributed by atoms with E-state index in [9.17, 15) is 13.2 Å². The first-order valence-electron chi connectivity index (χ1n) is 6.84. The highest BCUT2D eigenvalue weighted by Crippen LogP contribution is 2.25. The summed E-state index contributed by atoms with van der Waals surface area (Å²) in [5, 5.41) is 0. The van der Waals surface area contributed by atoms with E-state index in [1.165, 1.54) is 4.90 Å². The molecule has 0 heterocycles. The number of aryl methyl sites for hydroxylation is 1. The van der Waals surface area contributed by atoms with E-state index in [1.54, 1.807) is 26.2 Å². The molecule has 0 atom stereocenters. The van der Waals surface area contributed by atoms with Crippen LogP contribution in [-0.4, -0.2) is 39.9 Å². The molecular formula is C14H23N3O3S. The number of benzene rings is 1. The molecule has 0 bridgehead atoms. The van der Waals surface area contributed by atoms with Crippen molar-refractivity contribution in [1.82, 2.24) is 9.62 Å². The minimum atomic E-state index is -3.76. The number of rotatable bonds is 6. The number of nitrogens with one attached hydrogen (secondary N) is 1. The number of carbonyl (C=O) groups excluding carboxylic acids is 1. The van der Waals surface area contributed by atoms with E-state index >= 15 is 0 Å². The van der Waals surface area contributed by atoms with E-state index in [-0.39, 0.29) is 17.3 Å².